The molecule has 0 radical (unpaired) electrons. The van der Waals surface area contributed by atoms with Crippen molar-refractivity contribution in [3.8, 4) is 5.75 Å². The number of carbonyl (C=O) groups is 2. The smallest absolute Gasteiger partial charge is 0.261 e. The van der Waals surface area contributed by atoms with Crippen LogP contribution in [-0.2, 0) is 39.0 Å². The van der Waals surface area contributed by atoms with Crippen molar-refractivity contribution in [2.75, 3.05) is 17.9 Å². The Bertz CT molecular complexity index is 1930. The zero-order chi connectivity index (χ0) is 34.6. The van der Waals surface area contributed by atoms with E-state index in [1.54, 1.807) is 24.3 Å². The lowest BCUT2D eigenvalue weighted by molar-refractivity contribution is -0.142. The molecule has 0 aliphatic heterocycles. The van der Waals surface area contributed by atoms with Crippen molar-refractivity contribution in [3.05, 3.63) is 161 Å². The summed E-state index contributed by atoms with van der Waals surface area (Å²) in [6.45, 7) is 0.101. The molecule has 0 heterocycles. The van der Waals surface area contributed by atoms with Crippen molar-refractivity contribution in [2.24, 2.45) is 0 Å². The summed E-state index contributed by atoms with van der Waals surface area (Å²) in [5.41, 5.74) is 2.94. The zero-order valence-electron chi connectivity index (χ0n) is 26.5. The van der Waals surface area contributed by atoms with E-state index >= 15 is 0 Å². The lowest BCUT2D eigenvalue weighted by atomic mass is 10.0. The third kappa shape index (κ3) is 10.4. The second kappa shape index (κ2) is 16.8. The molecule has 0 saturated heterocycles. The first-order chi connectivity index (χ1) is 23.7. The molecule has 5 rings (SSSR count). The van der Waals surface area contributed by atoms with E-state index in [2.05, 4.69) is 10.0 Å². The number of ether oxygens (including phenoxy) is 1. The second-order valence-electron chi connectivity index (χ2n) is 11.3. The van der Waals surface area contributed by atoms with E-state index in [-0.39, 0.29) is 35.2 Å². The van der Waals surface area contributed by atoms with Gasteiger partial charge in [-0.05, 0) is 83.8 Å². The Hall–Kier alpha value is -5.19. The monoisotopic (exact) mass is 699 g/mol. The molecular formula is C38H35ClFN3O5S. The summed E-state index contributed by atoms with van der Waals surface area (Å²) in [5.74, 6) is -0.970. The summed E-state index contributed by atoms with van der Waals surface area (Å²) in [4.78, 5) is 29.2. The fraction of sp³-hybridized carbons (Fsp3) is 0.158. The van der Waals surface area contributed by atoms with Crippen molar-refractivity contribution in [3.63, 3.8) is 0 Å². The van der Waals surface area contributed by atoms with Gasteiger partial charge in [-0.15, -0.1) is 0 Å². The number of nitrogens with zero attached hydrogens (tertiary/aromatic N) is 1. The molecule has 0 unspecified atom stereocenters. The molecule has 2 N–H and O–H groups in total. The minimum Gasteiger partial charge on any atom is -0.484 e. The third-order valence-electron chi connectivity index (χ3n) is 7.69. The van der Waals surface area contributed by atoms with Gasteiger partial charge in [-0.25, -0.2) is 12.8 Å². The van der Waals surface area contributed by atoms with Gasteiger partial charge in [0.2, 0.25) is 5.91 Å². The molecule has 5 aromatic rings. The molecule has 49 heavy (non-hydrogen) atoms. The van der Waals surface area contributed by atoms with Gasteiger partial charge in [-0.1, -0.05) is 84.4 Å². The minimum absolute atomic E-state index is 0.0463. The molecule has 11 heteroatoms. The molecule has 5 aromatic carbocycles. The number of hydrogen-bond donors (Lipinski definition) is 2. The zero-order valence-corrected chi connectivity index (χ0v) is 28.0. The number of anilines is 1. The summed E-state index contributed by atoms with van der Waals surface area (Å²) in [6.07, 6.45) is 0.898. The number of rotatable bonds is 15. The molecule has 0 saturated carbocycles. The van der Waals surface area contributed by atoms with Crippen LogP contribution in [0, 0.1) is 5.82 Å². The maximum Gasteiger partial charge on any atom is 0.261 e. The Morgan fingerprint density at radius 1 is 0.755 bits per heavy atom. The average Bonchev–Trinajstić information content (AvgIpc) is 3.11. The number of nitrogens with one attached hydrogen (secondary N) is 2. The summed E-state index contributed by atoms with van der Waals surface area (Å²) >= 11 is 6.12. The van der Waals surface area contributed by atoms with Crippen LogP contribution in [0.15, 0.2) is 138 Å². The lowest BCUT2D eigenvalue weighted by Gasteiger charge is -2.31. The molecule has 2 amide bonds. The fourth-order valence-corrected chi connectivity index (χ4v) is 6.29. The molecular weight excluding hydrogens is 665 g/mol. The molecule has 8 nitrogen and oxygen atoms in total. The number of halogens is 2. The van der Waals surface area contributed by atoms with Crippen LogP contribution < -0.4 is 14.8 Å². The minimum atomic E-state index is -3.96. The van der Waals surface area contributed by atoms with Crippen LogP contribution >= 0.6 is 11.6 Å². The third-order valence-corrected chi connectivity index (χ3v) is 9.33. The van der Waals surface area contributed by atoms with Crippen LogP contribution in [0.2, 0.25) is 5.02 Å². The van der Waals surface area contributed by atoms with E-state index in [0.717, 1.165) is 28.8 Å². The normalized spacial score (nSPS) is 11.7. The van der Waals surface area contributed by atoms with Gasteiger partial charge < -0.3 is 15.0 Å². The first-order valence-corrected chi connectivity index (χ1v) is 17.4. The largest absolute Gasteiger partial charge is 0.484 e. The van der Waals surface area contributed by atoms with Crippen molar-refractivity contribution in [1.82, 2.24) is 10.2 Å². The van der Waals surface area contributed by atoms with Crippen LogP contribution in [0.3, 0.4) is 0 Å². The van der Waals surface area contributed by atoms with E-state index < -0.39 is 34.4 Å². The molecule has 0 bridgehead atoms. The summed E-state index contributed by atoms with van der Waals surface area (Å²) in [6, 6.07) is 36.0. The molecule has 1 atom stereocenters. The van der Waals surface area contributed by atoms with E-state index in [9.17, 15) is 22.4 Å². The Morgan fingerprint density at radius 3 is 2.00 bits per heavy atom. The summed E-state index contributed by atoms with van der Waals surface area (Å²) < 4.78 is 47.1. The van der Waals surface area contributed by atoms with Crippen LogP contribution in [0.1, 0.15) is 16.7 Å². The first-order valence-electron chi connectivity index (χ1n) is 15.6. The summed E-state index contributed by atoms with van der Waals surface area (Å²) in [7, 11) is -3.96. The van der Waals surface area contributed by atoms with Crippen LogP contribution in [0.25, 0.3) is 0 Å². The predicted molar refractivity (Wildman–Crippen MR) is 188 cm³/mol. The van der Waals surface area contributed by atoms with E-state index in [1.165, 1.54) is 41.3 Å². The molecule has 0 aliphatic rings. The van der Waals surface area contributed by atoms with Gasteiger partial charge in [0.1, 0.15) is 17.6 Å². The highest BCUT2D eigenvalue weighted by molar-refractivity contribution is 7.92. The highest BCUT2D eigenvalue weighted by Gasteiger charge is 2.30. The molecule has 0 fully saturated rings. The highest BCUT2D eigenvalue weighted by atomic mass is 35.5. The molecule has 0 spiro atoms. The van der Waals surface area contributed by atoms with Gasteiger partial charge in [0, 0.05) is 30.2 Å². The van der Waals surface area contributed by atoms with Crippen molar-refractivity contribution >= 4 is 39.1 Å². The lowest BCUT2D eigenvalue weighted by Crippen LogP contribution is -2.52. The quantitative estimate of drug-likeness (QED) is 0.127. The van der Waals surface area contributed by atoms with E-state index in [0.29, 0.717) is 18.0 Å². The Labute approximate surface area is 290 Å². The Kier molecular flexibility index (Phi) is 12.0. The van der Waals surface area contributed by atoms with Crippen molar-refractivity contribution in [2.45, 2.75) is 30.3 Å². The van der Waals surface area contributed by atoms with Crippen molar-refractivity contribution < 1.29 is 27.1 Å². The SMILES string of the molecule is O=C(NCCc1ccccc1)[C@@H](Cc1ccccc1)N(Cc1ccc(Cl)cc1)C(=O)COc1ccc(S(=O)(=O)Nc2ccc(F)cc2)cc1. The second-order valence-corrected chi connectivity index (χ2v) is 13.4. The predicted octanol–water partition coefficient (Wildman–Crippen LogP) is 6.66. The van der Waals surface area contributed by atoms with E-state index in [1.807, 2.05) is 60.7 Å². The number of hydrogen-bond acceptors (Lipinski definition) is 5. The standard InChI is InChI=1S/C38H35ClFN3O5S/c39-31-13-11-30(12-14-31)26-43(36(25-29-9-5-2-6-10-29)38(45)41-24-23-28-7-3-1-4-8-28)37(44)27-48-34-19-21-35(22-20-34)49(46,47)42-33-17-15-32(40)16-18-33/h1-22,36,42H,23-27H2,(H,41,45)/t36-/m1/s1. The topological polar surface area (TPSA) is 105 Å². The van der Waals surface area contributed by atoms with Gasteiger partial charge in [-0.2, -0.15) is 0 Å². The number of sulfonamides is 1. The van der Waals surface area contributed by atoms with Gasteiger partial charge in [0.15, 0.2) is 6.61 Å². The fourth-order valence-electron chi connectivity index (χ4n) is 5.11. The number of amides is 2. The first kappa shape index (κ1) is 35.1. The highest BCUT2D eigenvalue weighted by Crippen LogP contribution is 2.21. The maximum absolute atomic E-state index is 13.9. The number of carbonyl (C=O) groups excluding carboxylic acids is 2. The van der Waals surface area contributed by atoms with Crippen molar-refractivity contribution in [1.29, 1.82) is 0 Å². The Balaban J connectivity index is 1.33. The average molecular weight is 700 g/mol. The molecule has 252 valence electrons. The number of benzene rings is 5. The summed E-state index contributed by atoms with van der Waals surface area (Å²) in [5, 5.41) is 3.56. The van der Waals surface area contributed by atoms with Gasteiger partial charge in [0.05, 0.1) is 4.90 Å². The maximum atomic E-state index is 13.9. The van der Waals surface area contributed by atoms with Gasteiger partial charge in [-0.3, -0.25) is 14.3 Å². The Morgan fingerprint density at radius 2 is 1.37 bits per heavy atom. The van der Waals surface area contributed by atoms with Gasteiger partial charge in [0.25, 0.3) is 15.9 Å². The molecule has 0 aromatic heterocycles. The van der Waals surface area contributed by atoms with Crippen LogP contribution in [0.5, 0.6) is 5.75 Å². The van der Waals surface area contributed by atoms with E-state index in [4.69, 9.17) is 16.3 Å². The van der Waals surface area contributed by atoms with Crippen LogP contribution in [0.4, 0.5) is 10.1 Å². The van der Waals surface area contributed by atoms with Gasteiger partial charge >= 0.3 is 0 Å². The molecule has 0 aliphatic carbocycles. The van der Waals surface area contributed by atoms with Crippen LogP contribution in [-0.4, -0.2) is 44.3 Å².